The van der Waals surface area contributed by atoms with E-state index in [0.717, 1.165) is 10.6 Å². The molecule has 2 aromatic carbocycles. The smallest absolute Gasteiger partial charge is 0.255 e. The molecule has 2 heterocycles. The van der Waals surface area contributed by atoms with Crippen LogP contribution in [0.2, 0.25) is 0 Å². The number of nitrogens with one attached hydrogen (secondary N) is 2. The Balaban J connectivity index is 1.81. The van der Waals surface area contributed by atoms with E-state index in [1.165, 1.54) is 44.6 Å². The molecule has 0 aliphatic heterocycles. The van der Waals surface area contributed by atoms with Crippen LogP contribution in [0.5, 0.6) is 5.75 Å². The van der Waals surface area contributed by atoms with E-state index in [9.17, 15) is 22.7 Å². The number of nitrogens with zero attached hydrogens (tertiary/aromatic N) is 2. The standard InChI is InChI=1S/C25H25FN4O6S/c1-27-25(32)23-18-12-21(35-2)19(30(10-11-31)37(3,33)34)13-20(18)36-24(23)15-4-9-22(28-14-15)29-17-7-5-16(26)6-8-17/h4-9,12-14,31H,10-11H2,1-3H3,(H,27,32)(H,28,29). The number of aromatic nitrogens is 1. The molecule has 12 heteroatoms. The van der Waals surface area contributed by atoms with Gasteiger partial charge in [-0.1, -0.05) is 0 Å². The van der Waals surface area contributed by atoms with E-state index in [1.54, 1.807) is 24.3 Å². The van der Waals surface area contributed by atoms with Gasteiger partial charge in [0.25, 0.3) is 5.91 Å². The van der Waals surface area contributed by atoms with E-state index in [2.05, 4.69) is 15.6 Å². The highest BCUT2D eigenvalue weighted by molar-refractivity contribution is 7.92. The van der Waals surface area contributed by atoms with Crippen LogP contribution in [0, 0.1) is 5.82 Å². The summed E-state index contributed by atoms with van der Waals surface area (Å²) in [6, 6.07) is 12.2. The van der Waals surface area contributed by atoms with Crippen molar-refractivity contribution < 1.29 is 31.9 Å². The van der Waals surface area contributed by atoms with Gasteiger partial charge in [-0.3, -0.25) is 9.10 Å². The zero-order valence-electron chi connectivity index (χ0n) is 20.3. The molecule has 2 aromatic heterocycles. The minimum Gasteiger partial charge on any atom is -0.495 e. The van der Waals surface area contributed by atoms with Crippen LogP contribution in [0.3, 0.4) is 0 Å². The van der Waals surface area contributed by atoms with Crippen molar-refractivity contribution in [3.8, 4) is 17.1 Å². The lowest BCUT2D eigenvalue weighted by Gasteiger charge is -2.23. The van der Waals surface area contributed by atoms with Crippen molar-refractivity contribution in [3.63, 3.8) is 0 Å². The second kappa shape index (κ2) is 10.4. The number of halogens is 1. The van der Waals surface area contributed by atoms with Gasteiger partial charge in [0.1, 0.15) is 28.7 Å². The van der Waals surface area contributed by atoms with Gasteiger partial charge in [-0.2, -0.15) is 0 Å². The number of anilines is 3. The van der Waals surface area contributed by atoms with Crippen molar-refractivity contribution in [1.82, 2.24) is 10.3 Å². The number of sulfonamides is 1. The maximum atomic E-state index is 13.2. The molecule has 10 nitrogen and oxygen atoms in total. The molecule has 0 radical (unpaired) electrons. The van der Waals surface area contributed by atoms with Gasteiger partial charge >= 0.3 is 0 Å². The number of methoxy groups -OCH3 is 1. The second-order valence-electron chi connectivity index (χ2n) is 8.03. The van der Waals surface area contributed by atoms with Crippen LogP contribution in [0.1, 0.15) is 10.4 Å². The van der Waals surface area contributed by atoms with E-state index in [1.807, 2.05) is 0 Å². The number of ether oxygens (including phenoxy) is 1. The second-order valence-corrected chi connectivity index (χ2v) is 9.94. The predicted molar refractivity (Wildman–Crippen MR) is 138 cm³/mol. The fourth-order valence-corrected chi connectivity index (χ4v) is 4.78. The lowest BCUT2D eigenvalue weighted by atomic mass is 10.1. The van der Waals surface area contributed by atoms with Crippen molar-refractivity contribution in [2.75, 3.05) is 43.2 Å². The molecule has 0 aliphatic carbocycles. The zero-order valence-corrected chi connectivity index (χ0v) is 21.1. The Labute approximate surface area is 212 Å². The number of carbonyl (C=O) groups excluding carboxylic acids is 1. The van der Waals surface area contributed by atoms with Crippen molar-refractivity contribution in [2.45, 2.75) is 0 Å². The first-order valence-corrected chi connectivity index (χ1v) is 12.9. The molecule has 0 saturated carbocycles. The normalized spacial score (nSPS) is 11.4. The van der Waals surface area contributed by atoms with Crippen LogP contribution in [0.25, 0.3) is 22.3 Å². The van der Waals surface area contributed by atoms with Crippen LogP contribution < -0.4 is 19.7 Å². The highest BCUT2D eigenvalue weighted by atomic mass is 32.2. The zero-order chi connectivity index (χ0) is 26.7. The van der Waals surface area contributed by atoms with Crippen molar-refractivity contribution in [2.24, 2.45) is 0 Å². The molecule has 0 aliphatic rings. The summed E-state index contributed by atoms with van der Waals surface area (Å²) in [7, 11) is -0.897. The fraction of sp³-hybridized carbons (Fsp3) is 0.200. The summed E-state index contributed by atoms with van der Waals surface area (Å²) in [6.07, 6.45) is 2.53. The summed E-state index contributed by atoms with van der Waals surface area (Å²) < 4.78 is 50.4. The van der Waals surface area contributed by atoms with Crippen molar-refractivity contribution in [3.05, 3.63) is 66.1 Å². The molecule has 4 aromatic rings. The van der Waals surface area contributed by atoms with Gasteiger partial charge in [0.05, 0.1) is 37.8 Å². The largest absolute Gasteiger partial charge is 0.495 e. The molecular formula is C25H25FN4O6S. The molecule has 0 saturated heterocycles. The van der Waals surface area contributed by atoms with Crippen LogP contribution in [0.4, 0.5) is 21.6 Å². The quantitative estimate of drug-likeness (QED) is 0.301. The third-order valence-electron chi connectivity index (χ3n) is 5.56. The number of aliphatic hydroxyl groups excluding tert-OH is 1. The van der Waals surface area contributed by atoms with Gasteiger partial charge in [0.15, 0.2) is 0 Å². The van der Waals surface area contributed by atoms with Gasteiger partial charge in [0.2, 0.25) is 10.0 Å². The highest BCUT2D eigenvalue weighted by Gasteiger charge is 2.27. The highest BCUT2D eigenvalue weighted by Crippen LogP contribution is 2.41. The molecule has 1 amide bonds. The number of fused-ring (bicyclic) bond motifs is 1. The fourth-order valence-electron chi connectivity index (χ4n) is 3.86. The number of carbonyl (C=O) groups is 1. The average molecular weight is 529 g/mol. The van der Waals surface area contributed by atoms with Gasteiger partial charge in [-0.15, -0.1) is 0 Å². The van der Waals surface area contributed by atoms with E-state index >= 15 is 0 Å². The van der Waals surface area contributed by atoms with Gasteiger partial charge in [0, 0.05) is 35.9 Å². The number of hydrogen-bond acceptors (Lipinski definition) is 8. The molecule has 0 fully saturated rings. The molecule has 4 rings (SSSR count). The summed E-state index contributed by atoms with van der Waals surface area (Å²) in [4.78, 5) is 17.3. The third kappa shape index (κ3) is 5.34. The minimum atomic E-state index is -3.76. The Morgan fingerprint density at radius 1 is 1.19 bits per heavy atom. The topological polar surface area (TPSA) is 134 Å². The van der Waals surface area contributed by atoms with Crippen molar-refractivity contribution >= 4 is 44.1 Å². The van der Waals surface area contributed by atoms with Crippen LogP contribution in [-0.2, 0) is 10.0 Å². The van der Waals surface area contributed by atoms with Crippen molar-refractivity contribution in [1.29, 1.82) is 0 Å². The lowest BCUT2D eigenvalue weighted by molar-refractivity contribution is 0.0964. The van der Waals surface area contributed by atoms with Crippen LogP contribution in [0.15, 0.2) is 59.1 Å². The molecule has 0 unspecified atom stereocenters. The Kier molecular flexibility index (Phi) is 7.32. The maximum absolute atomic E-state index is 13.2. The average Bonchev–Trinajstić information content (AvgIpc) is 3.25. The minimum absolute atomic E-state index is 0.160. The lowest BCUT2D eigenvalue weighted by Crippen LogP contribution is -2.32. The number of hydrogen-bond donors (Lipinski definition) is 3. The molecule has 0 bridgehead atoms. The SMILES string of the molecule is CNC(=O)c1c(-c2ccc(Nc3ccc(F)cc3)nc2)oc2cc(N(CCO)S(C)(=O)=O)c(OC)cc12. The monoisotopic (exact) mass is 528 g/mol. The summed E-state index contributed by atoms with van der Waals surface area (Å²) in [5, 5.41) is 15.5. The number of amides is 1. The molecular weight excluding hydrogens is 503 g/mol. The van der Waals surface area contributed by atoms with E-state index in [-0.39, 0.29) is 40.7 Å². The van der Waals surface area contributed by atoms with Gasteiger partial charge < -0.3 is 24.9 Å². The van der Waals surface area contributed by atoms with Gasteiger partial charge in [-0.25, -0.2) is 17.8 Å². The number of rotatable bonds is 9. The third-order valence-corrected chi connectivity index (χ3v) is 6.74. The summed E-state index contributed by atoms with van der Waals surface area (Å²) in [5.41, 5.74) is 1.76. The van der Waals surface area contributed by atoms with E-state index < -0.39 is 22.5 Å². The molecule has 0 atom stereocenters. The Morgan fingerprint density at radius 2 is 1.92 bits per heavy atom. The molecule has 0 spiro atoms. The summed E-state index contributed by atoms with van der Waals surface area (Å²) in [6.45, 7) is -0.603. The Morgan fingerprint density at radius 3 is 2.49 bits per heavy atom. The molecule has 3 N–H and O–H groups in total. The first-order valence-electron chi connectivity index (χ1n) is 11.1. The number of aliphatic hydroxyl groups is 1. The number of benzene rings is 2. The van der Waals surface area contributed by atoms with Gasteiger partial charge in [-0.05, 0) is 42.5 Å². The maximum Gasteiger partial charge on any atom is 0.255 e. The Hall–Kier alpha value is -4.16. The van der Waals surface area contributed by atoms with E-state index in [4.69, 9.17) is 9.15 Å². The molecule has 37 heavy (non-hydrogen) atoms. The summed E-state index contributed by atoms with van der Waals surface area (Å²) in [5.74, 6) is 0.122. The Bertz CT molecular complexity index is 1540. The first-order chi connectivity index (χ1) is 17.7. The first kappa shape index (κ1) is 25.9. The number of pyridine rings is 1. The van der Waals surface area contributed by atoms with Crippen LogP contribution in [-0.4, -0.2) is 58.0 Å². The molecule has 194 valence electrons. The number of furan rings is 1. The summed E-state index contributed by atoms with van der Waals surface area (Å²) >= 11 is 0. The predicted octanol–water partition coefficient (Wildman–Crippen LogP) is 3.50. The van der Waals surface area contributed by atoms with E-state index in [0.29, 0.717) is 22.5 Å². The van der Waals surface area contributed by atoms with Crippen LogP contribution >= 0.6 is 0 Å².